The zero-order valence-electron chi connectivity index (χ0n) is 10.2. The number of hydrogen-bond acceptors (Lipinski definition) is 2. The van der Waals surface area contributed by atoms with Crippen LogP contribution in [0, 0.1) is 20.8 Å². The fourth-order valence-electron chi connectivity index (χ4n) is 2.18. The van der Waals surface area contributed by atoms with Crippen LogP contribution in [0.1, 0.15) is 28.7 Å². The molecule has 0 aliphatic heterocycles. The molecule has 2 heteroatoms. The number of aryl methyl sites for hydroxylation is 2. The van der Waals surface area contributed by atoms with Crippen LogP contribution in [0.4, 0.5) is 0 Å². The molecule has 0 heterocycles. The predicted molar refractivity (Wildman–Crippen MR) is 64.6 cm³/mol. The molecule has 2 N–H and O–H groups in total. The summed E-state index contributed by atoms with van der Waals surface area (Å²) < 4.78 is 5.42. The van der Waals surface area contributed by atoms with E-state index < -0.39 is 0 Å². The average Bonchev–Trinajstić information content (AvgIpc) is 2.17. The Morgan fingerprint density at radius 3 is 2.40 bits per heavy atom. The van der Waals surface area contributed by atoms with Crippen LogP contribution in [0.3, 0.4) is 0 Å². The normalized spacial score (nSPS) is 10.5. The van der Waals surface area contributed by atoms with Crippen molar-refractivity contribution in [3.05, 3.63) is 28.3 Å². The lowest BCUT2D eigenvalue weighted by atomic mass is 9.95. The van der Waals surface area contributed by atoms with Crippen LogP contribution in [0.15, 0.2) is 6.07 Å². The van der Waals surface area contributed by atoms with Crippen LogP contribution < -0.4 is 10.5 Å². The number of methoxy groups -OCH3 is 1. The third kappa shape index (κ3) is 2.51. The van der Waals surface area contributed by atoms with E-state index in [1.54, 1.807) is 7.11 Å². The van der Waals surface area contributed by atoms with Crippen LogP contribution in [0.25, 0.3) is 0 Å². The van der Waals surface area contributed by atoms with Gasteiger partial charge in [0.25, 0.3) is 0 Å². The molecule has 0 radical (unpaired) electrons. The van der Waals surface area contributed by atoms with Crippen molar-refractivity contribution in [1.82, 2.24) is 0 Å². The minimum atomic E-state index is 0.745. The Bertz CT molecular complexity index is 345. The second-order valence-electron chi connectivity index (χ2n) is 4.04. The highest BCUT2D eigenvalue weighted by Crippen LogP contribution is 2.29. The minimum absolute atomic E-state index is 0.745. The molecule has 0 aliphatic carbocycles. The van der Waals surface area contributed by atoms with Gasteiger partial charge in [0.1, 0.15) is 5.75 Å². The predicted octanol–water partition coefficient (Wildman–Crippen LogP) is 2.51. The summed E-state index contributed by atoms with van der Waals surface area (Å²) in [5, 5.41) is 0. The van der Waals surface area contributed by atoms with Gasteiger partial charge in [0.15, 0.2) is 0 Å². The molecule has 0 spiro atoms. The molecule has 0 atom stereocenters. The molecular formula is C13H21NO. The summed E-state index contributed by atoms with van der Waals surface area (Å²) >= 11 is 0. The van der Waals surface area contributed by atoms with E-state index in [4.69, 9.17) is 10.5 Å². The van der Waals surface area contributed by atoms with Crippen LogP contribution >= 0.6 is 0 Å². The second-order valence-corrected chi connectivity index (χ2v) is 4.04. The van der Waals surface area contributed by atoms with Crippen molar-refractivity contribution in [3.63, 3.8) is 0 Å². The van der Waals surface area contributed by atoms with Gasteiger partial charge in [0, 0.05) is 0 Å². The van der Waals surface area contributed by atoms with E-state index in [0.717, 1.165) is 25.1 Å². The monoisotopic (exact) mass is 207 g/mol. The quantitative estimate of drug-likeness (QED) is 0.823. The lowest BCUT2D eigenvalue weighted by molar-refractivity contribution is 0.407. The molecule has 0 saturated carbocycles. The fourth-order valence-corrected chi connectivity index (χ4v) is 2.18. The first-order valence-electron chi connectivity index (χ1n) is 5.45. The van der Waals surface area contributed by atoms with Gasteiger partial charge in [0.05, 0.1) is 7.11 Å². The van der Waals surface area contributed by atoms with Gasteiger partial charge in [-0.25, -0.2) is 0 Å². The summed E-state index contributed by atoms with van der Waals surface area (Å²) in [6.45, 7) is 7.12. The molecule has 1 aromatic rings. The van der Waals surface area contributed by atoms with Gasteiger partial charge in [-0.1, -0.05) is 6.07 Å². The van der Waals surface area contributed by atoms with E-state index in [0.29, 0.717) is 0 Å². The maximum atomic E-state index is 5.55. The number of rotatable bonds is 4. The van der Waals surface area contributed by atoms with Gasteiger partial charge in [0.2, 0.25) is 0 Å². The van der Waals surface area contributed by atoms with Crippen LogP contribution in [0.2, 0.25) is 0 Å². The molecule has 0 unspecified atom stereocenters. The SMILES string of the molecule is COc1c(C)cc(C)c(CCCN)c1C. The van der Waals surface area contributed by atoms with Crippen molar-refractivity contribution >= 4 is 0 Å². The summed E-state index contributed by atoms with van der Waals surface area (Å²) in [6.07, 6.45) is 2.08. The van der Waals surface area contributed by atoms with E-state index in [1.807, 2.05) is 0 Å². The largest absolute Gasteiger partial charge is 0.496 e. The van der Waals surface area contributed by atoms with Crippen molar-refractivity contribution in [2.45, 2.75) is 33.6 Å². The molecule has 0 aliphatic rings. The fraction of sp³-hybridized carbons (Fsp3) is 0.538. The molecule has 0 saturated heterocycles. The average molecular weight is 207 g/mol. The van der Waals surface area contributed by atoms with Crippen LogP contribution in [0.5, 0.6) is 5.75 Å². The van der Waals surface area contributed by atoms with Gasteiger partial charge in [-0.05, 0) is 62.4 Å². The van der Waals surface area contributed by atoms with Crippen LogP contribution in [-0.4, -0.2) is 13.7 Å². The first-order chi connectivity index (χ1) is 7.11. The van der Waals surface area contributed by atoms with Crippen molar-refractivity contribution in [2.75, 3.05) is 13.7 Å². The standard InChI is InChI=1S/C13H21NO/c1-9-8-10(2)13(15-4)11(3)12(9)6-5-7-14/h8H,5-7,14H2,1-4H3. The van der Waals surface area contributed by atoms with E-state index in [-0.39, 0.29) is 0 Å². The van der Waals surface area contributed by atoms with Crippen molar-refractivity contribution < 1.29 is 4.74 Å². The van der Waals surface area contributed by atoms with Crippen molar-refractivity contribution in [3.8, 4) is 5.75 Å². The molecule has 84 valence electrons. The van der Waals surface area contributed by atoms with Gasteiger partial charge < -0.3 is 10.5 Å². The highest BCUT2D eigenvalue weighted by Gasteiger charge is 2.10. The molecule has 0 amide bonds. The third-order valence-electron chi connectivity index (χ3n) is 2.90. The molecule has 0 aromatic heterocycles. The van der Waals surface area contributed by atoms with Gasteiger partial charge in [-0.3, -0.25) is 0 Å². The molecule has 1 aromatic carbocycles. The third-order valence-corrected chi connectivity index (χ3v) is 2.90. The van der Waals surface area contributed by atoms with E-state index in [1.165, 1.54) is 22.3 Å². The van der Waals surface area contributed by atoms with E-state index in [2.05, 4.69) is 26.8 Å². The number of nitrogens with two attached hydrogens (primary N) is 1. The zero-order valence-corrected chi connectivity index (χ0v) is 10.2. The van der Waals surface area contributed by atoms with Crippen molar-refractivity contribution in [2.24, 2.45) is 5.73 Å². The highest BCUT2D eigenvalue weighted by molar-refractivity contribution is 5.49. The first-order valence-corrected chi connectivity index (χ1v) is 5.45. The summed E-state index contributed by atoms with van der Waals surface area (Å²) in [4.78, 5) is 0. The highest BCUT2D eigenvalue weighted by atomic mass is 16.5. The first kappa shape index (κ1) is 12.1. The lowest BCUT2D eigenvalue weighted by Crippen LogP contribution is -2.04. The second kappa shape index (κ2) is 5.17. The zero-order chi connectivity index (χ0) is 11.4. The Morgan fingerprint density at radius 2 is 1.87 bits per heavy atom. The Morgan fingerprint density at radius 1 is 1.20 bits per heavy atom. The molecule has 15 heavy (non-hydrogen) atoms. The molecular weight excluding hydrogens is 186 g/mol. The molecule has 0 bridgehead atoms. The maximum absolute atomic E-state index is 5.55. The topological polar surface area (TPSA) is 35.2 Å². The Balaban J connectivity index is 3.14. The molecule has 0 fully saturated rings. The molecule has 2 nitrogen and oxygen atoms in total. The number of ether oxygens (including phenoxy) is 1. The summed E-state index contributed by atoms with van der Waals surface area (Å²) in [5.41, 5.74) is 10.8. The smallest absolute Gasteiger partial charge is 0.124 e. The van der Waals surface area contributed by atoms with Gasteiger partial charge >= 0.3 is 0 Å². The number of hydrogen-bond donors (Lipinski definition) is 1. The molecule has 1 rings (SSSR count). The van der Waals surface area contributed by atoms with E-state index >= 15 is 0 Å². The number of benzene rings is 1. The van der Waals surface area contributed by atoms with Crippen LogP contribution in [-0.2, 0) is 6.42 Å². The van der Waals surface area contributed by atoms with E-state index in [9.17, 15) is 0 Å². The van der Waals surface area contributed by atoms with Gasteiger partial charge in [-0.15, -0.1) is 0 Å². The maximum Gasteiger partial charge on any atom is 0.124 e. The summed E-state index contributed by atoms with van der Waals surface area (Å²) in [7, 11) is 1.73. The van der Waals surface area contributed by atoms with Gasteiger partial charge in [-0.2, -0.15) is 0 Å². The summed E-state index contributed by atoms with van der Waals surface area (Å²) in [5.74, 6) is 1.02. The van der Waals surface area contributed by atoms with Crippen molar-refractivity contribution in [1.29, 1.82) is 0 Å². The lowest BCUT2D eigenvalue weighted by Gasteiger charge is -2.16. The Labute approximate surface area is 92.4 Å². The Hall–Kier alpha value is -1.02. The summed E-state index contributed by atoms with van der Waals surface area (Å²) in [6, 6.07) is 2.19. The Kier molecular flexibility index (Phi) is 4.15. The minimum Gasteiger partial charge on any atom is -0.496 e.